The minimum atomic E-state index is -0.535. The van der Waals surface area contributed by atoms with Gasteiger partial charge in [-0.2, -0.15) is 0 Å². The molecule has 3 saturated carbocycles. The number of hydrogen-bond donors (Lipinski definition) is 0. The molecule has 0 N–H and O–H groups in total. The molecule has 0 radical (unpaired) electrons. The fraction of sp³-hybridized carbons (Fsp3) is 0.696. The number of benzene rings is 1. The van der Waals surface area contributed by atoms with Crippen LogP contribution < -0.4 is 9.47 Å². The molecule has 28 heavy (non-hydrogen) atoms. The first kappa shape index (κ1) is 17.3. The first-order valence-corrected chi connectivity index (χ1v) is 10.6. The van der Waals surface area contributed by atoms with E-state index in [9.17, 15) is 4.79 Å². The zero-order valence-electron chi connectivity index (χ0n) is 17.2. The van der Waals surface area contributed by atoms with Crippen molar-refractivity contribution in [1.82, 2.24) is 4.90 Å². The highest BCUT2D eigenvalue weighted by atomic mass is 16.6. The Morgan fingerprint density at radius 1 is 1.25 bits per heavy atom. The van der Waals surface area contributed by atoms with E-state index in [2.05, 4.69) is 24.1 Å². The maximum absolute atomic E-state index is 12.8. The van der Waals surface area contributed by atoms with Gasteiger partial charge in [0.15, 0.2) is 11.5 Å². The van der Waals surface area contributed by atoms with Crippen molar-refractivity contribution in [3.05, 3.63) is 23.3 Å². The summed E-state index contributed by atoms with van der Waals surface area (Å²) in [4.78, 5) is 15.4. The number of fused-ring (bicyclic) bond motifs is 2. The van der Waals surface area contributed by atoms with E-state index in [1.165, 1.54) is 11.1 Å². The molecular formula is C23H29NO4. The average molecular weight is 383 g/mol. The van der Waals surface area contributed by atoms with Crippen LogP contribution in [0.4, 0.5) is 0 Å². The summed E-state index contributed by atoms with van der Waals surface area (Å²) < 4.78 is 18.8. The van der Waals surface area contributed by atoms with Crippen molar-refractivity contribution in [2.75, 3.05) is 27.8 Å². The lowest BCUT2D eigenvalue weighted by Gasteiger charge is -2.73. The summed E-state index contributed by atoms with van der Waals surface area (Å²) in [5.41, 5.74) is 2.25. The molecular weight excluding hydrogens is 354 g/mol. The van der Waals surface area contributed by atoms with E-state index in [4.69, 9.17) is 14.2 Å². The highest BCUT2D eigenvalue weighted by Crippen LogP contribution is 2.76. The van der Waals surface area contributed by atoms with Crippen LogP contribution in [0.2, 0.25) is 0 Å². The second kappa shape index (κ2) is 5.11. The van der Waals surface area contributed by atoms with Crippen LogP contribution >= 0.6 is 0 Å². The van der Waals surface area contributed by atoms with Gasteiger partial charge in [0.05, 0.1) is 13.0 Å². The molecule has 5 heteroatoms. The number of rotatable bonds is 3. The largest absolute Gasteiger partial charge is 0.493 e. The zero-order valence-corrected chi connectivity index (χ0v) is 17.2. The smallest absolute Gasteiger partial charge is 0.165 e. The number of likely N-dealkylation sites (N-methyl/N-ethyl adjacent to an activating group) is 1. The van der Waals surface area contributed by atoms with E-state index < -0.39 is 5.60 Å². The van der Waals surface area contributed by atoms with Gasteiger partial charge in [-0.25, -0.2) is 0 Å². The summed E-state index contributed by atoms with van der Waals surface area (Å²) in [6.07, 6.45) is 4.91. The molecule has 6 aliphatic rings. The molecule has 6 atom stereocenters. The van der Waals surface area contributed by atoms with Crippen molar-refractivity contribution in [1.29, 1.82) is 0 Å². The van der Waals surface area contributed by atoms with E-state index >= 15 is 0 Å². The number of likely N-dealkylation sites (tertiary alicyclic amines) is 1. The highest BCUT2D eigenvalue weighted by molar-refractivity contribution is 5.81. The zero-order chi connectivity index (χ0) is 19.5. The van der Waals surface area contributed by atoms with Crippen LogP contribution in [0.15, 0.2) is 12.1 Å². The third-order valence-electron chi connectivity index (χ3n) is 9.32. The average Bonchev–Trinajstić information content (AvgIpc) is 3.07. The molecule has 2 aliphatic heterocycles. The Hall–Kier alpha value is -1.59. The Morgan fingerprint density at radius 2 is 2.07 bits per heavy atom. The van der Waals surface area contributed by atoms with Gasteiger partial charge >= 0.3 is 0 Å². The number of hydrogen-bond acceptors (Lipinski definition) is 5. The lowest BCUT2D eigenvalue weighted by atomic mass is 9.34. The molecule has 2 unspecified atom stereocenters. The summed E-state index contributed by atoms with van der Waals surface area (Å²) in [7, 11) is 5.77. The van der Waals surface area contributed by atoms with Gasteiger partial charge in [-0.3, -0.25) is 4.79 Å². The second-order valence-corrected chi connectivity index (χ2v) is 9.73. The molecule has 0 aromatic heterocycles. The predicted octanol–water partition coefficient (Wildman–Crippen LogP) is 2.73. The number of Topliss-reactive ketones (excluding diaryl/α,β-unsaturated/α-hetero) is 1. The SMILES string of the molecule is COc1ccc2c3c1OC1[C@@]4(OC)CC[C@@]5(C[C@@H]4C(C)=O)C(C2)N(C)CC[C@]315. The molecule has 4 bridgehead atoms. The van der Waals surface area contributed by atoms with Crippen molar-refractivity contribution in [2.24, 2.45) is 11.3 Å². The highest BCUT2D eigenvalue weighted by Gasteiger charge is 2.80. The fourth-order valence-corrected chi connectivity index (χ4v) is 8.30. The topological polar surface area (TPSA) is 48.0 Å². The van der Waals surface area contributed by atoms with Crippen molar-refractivity contribution in [2.45, 2.75) is 62.2 Å². The third kappa shape index (κ3) is 1.53. The first-order chi connectivity index (χ1) is 13.4. The molecule has 0 amide bonds. The Kier molecular flexibility index (Phi) is 3.16. The molecule has 4 aliphatic carbocycles. The van der Waals surface area contributed by atoms with Crippen LogP contribution in [0.25, 0.3) is 0 Å². The number of carbonyl (C=O) groups is 1. The van der Waals surface area contributed by atoms with E-state index in [1.54, 1.807) is 21.1 Å². The number of methoxy groups -OCH3 is 2. The molecule has 1 aromatic rings. The number of piperidine rings is 1. The Bertz CT molecular complexity index is 899. The lowest BCUT2D eigenvalue weighted by Crippen LogP contribution is -2.81. The molecule has 5 nitrogen and oxygen atoms in total. The molecule has 7 rings (SSSR count). The third-order valence-corrected chi connectivity index (χ3v) is 9.32. The molecule has 4 fully saturated rings. The van der Waals surface area contributed by atoms with Gasteiger partial charge in [-0.15, -0.1) is 0 Å². The summed E-state index contributed by atoms with van der Waals surface area (Å²) in [6.45, 7) is 2.80. The van der Waals surface area contributed by atoms with Crippen LogP contribution in [-0.2, 0) is 21.4 Å². The molecule has 1 aromatic carbocycles. The van der Waals surface area contributed by atoms with Crippen molar-refractivity contribution < 1.29 is 19.0 Å². The summed E-state index contributed by atoms with van der Waals surface area (Å²) in [6, 6.07) is 4.75. The number of carbonyl (C=O) groups excluding carboxylic acids is 1. The quantitative estimate of drug-likeness (QED) is 0.803. The van der Waals surface area contributed by atoms with Crippen molar-refractivity contribution in [3.8, 4) is 11.5 Å². The van der Waals surface area contributed by atoms with Gasteiger partial charge in [0.1, 0.15) is 17.5 Å². The molecule has 1 saturated heterocycles. The van der Waals surface area contributed by atoms with Crippen LogP contribution in [0.5, 0.6) is 11.5 Å². The number of ether oxygens (including phenoxy) is 3. The summed E-state index contributed by atoms with van der Waals surface area (Å²) >= 11 is 0. The van der Waals surface area contributed by atoms with Gasteiger partial charge in [0, 0.05) is 29.5 Å². The van der Waals surface area contributed by atoms with E-state index in [1.807, 2.05) is 0 Å². The normalized spacial score (nSPS) is 44.8. The van der Waals surface area contributed by atoms with Crippen molar-refractivity contribution >= 4 is 5.78 Å². The number of nitrogens with zero attached hydrogens (tertiary/aromatic N) is 1. The van der Waals surface area contributed by atoms with Gasteiger partial charge in [-0.1, -0.05) is 6.07 Å². The number of ketones is 1. The Labute approximate surface area is 166 Å². The maximum atomic E-state index is 12.8. The van der Waals surface area contributed by atoms with Gasteiger partial charge in [0.25, 0.3) is 0 Å². The van der Waals surface area contributed by atoms with Crippen molar-refractivity contribution in [3.63, 3.8) is 0 Å². The van der Waals surface area contributed by atoms with Gasteiger partial charge in [-0.05, 0) is 64.3 Å². The minimum Gasteiger partial charge on any atom is -0.493 e. The van der Waals surface area contributed by atoms with Crippen LogP contribution in [0.3, 0.4) is 0 Å². The summed E-state index contributed by atoms with van der Waals surface area (Å²) in [5, 5.41) is 0. The van der Waals surface area contributed by atoms with Crippen LogP contribution in [0.1, 0.15) is 43.7 Å². The summed E-state index contributed by atoms with van der Waals surface area (Å²) in [5.74, 6) is 1.89. The maximum Gasteiger partial charge on any atom is 0.165 e. The van der Waals surface area contributed by atoms with E-state index in [0.29, 0.717) is 6.04 Å². The van der Waals surface area contributed by atoms with E-state index in [0.717, 1.165) is 50.1 Å². The van der Waals surface area contributed by atoms with Gasteiger partial charge < -0.3 is 19.1 Å². The van der Waals surface area contributed by atoms with E-state index in [-0.39, 0.29) is 28.6 Å². The van der Waals surface area contributed by atoms with Crippen LogP contribution in [-0.4, -0.2) is 56.2 Å². The Balaban J connectivity index is 1.69. The second-order valence-electron chi connectivity index (χ2n) is 9.73. The lowest BCUT2D eigenvalue weighted by molar-refractivity contribution is -0.270. The standard InChI is InChI=1S/C23H29NO4/c1-13(25)15-12-21-7-8-23(15,27-4)20-22(21)9-10-24(2)17(21)11-14-5-6-16(26-3)19(28-20)18(14)22/h5-6,15,17,20H,7-12H2,1-4H3/t15-,17?,20?,21-,22+,23-/m1/s1. The molecule has 2 heterocycles. The molecule has 2 spiro atoms. The Morgan fingerprint density at radius 3 is 2.79 bits per heavy atom. The monoisotopic (exact) mass is 383 g/mol. The predicted molar refractivity (Wildman–Crippen MR) is 104 cm³/mol. The molecule has 150 valence electrons. The minimum absolute atomic E-state index is 0.0676. The fourth-order valence-electron chi connectivity index (χ4n) is 8.30. The van der Waals surface area contributed by atoms with Gasteiger partial charge in [0.2, 0.25) is 0 Å². The first-order valence-electron chi connectivity index (χ1n) is 10.6. The van der Waals surface area contributed by atoms with Crippen LogP contribution in [0, 0.1) is 11.3 Å².